The van der Waals surface area contributed by atoms with Crippen LogP contribution in [0.25, 0.3) is 21.6 Å². The van der Waals surface area contributed by atoms with E-state index in [0.717, 1.165) is 41.7 Å². The zero-order valence-corrected chi connectivity index (χ0v) is 37.2. The fourth-order valence-electron chi connectivity index (χ4n) is 7.20. The Hall–Kier alpha value is -6.10. The third kappa shape index (κ3) is 10.2. The van der Waals surface area contributed by atoms with E-state index in [1.165, 1.54) is 19.0 Å². The molecule has 62 heavy (non-hydrogen) atoms. The van der Waals surface area contributed by atoms with Gasteiger partial charge < -0.3 is 29.9 Å². The number of aromatic nitrogens is 5. The van der Waals surface area contributed by atoms with E-state index in [1.54, 1.807) is 41.1 Å². The molecule has 1 aliphatic rings. The van der Waals surface area contributed by atoms with E-state index in [2.05, 4.69) is 32.4 Å². The number of nitrogens with zero attached hydrogens (tertiary/aromatic N) is 6. The summed E-state index contributed by atoms with van der Waals surface area (Å²) in [5.74, 6) is 5.10. The molecule has 1 fully saturated rings. The normalized spacial score (nSPS) is 15.8. The molecule has 3 amide bonds. The second kappa shape index (κ2) is 18.5. The molecule has 1 aliphatic heterocycles. The van der Waals surface area contributed by atoms with Crippen molar-refractivity contribution in [2.45, 2.75) is 83.4 Å². The van der Waals surface area contributed by atoms with Crippen LogP contribution in [0.3, 0.4) is 0 Å². The highest BCUT2D eigenvalue weighted by molar-refractivity contribution is 7.90. The molecule has 3 N–H and O–H groups in total. The molecular weight excluding hydrogens is 837 g/mol. The molecule has 0 aliphatic carbocycles. The number of hydrogen-bond donors (Lipinski definition) is 3. The SMILES string of the molecule is Cc1ncsc1-c1ccc(CNC(=O)[C@@H]2C[C@@H](O)CN2C(=O)C(NC(=O)CCCOc2cccc(C#CCn3c(=O)n(C)c(=O)c4c3nc(S(C)(=O)=O)n4C)c2)C(C)(C)C)cc1. The Morgan fingerprint density at radius 3 is 2.47 bits per heavy atom. The molecule has 5 aromatic rings. The van der Waals surface area contributed by atoms with Crippen molar-refractivity contribution in [3.63, 3.8) is 0 Å². The van der Waals surface area contributed by atoms with Gasteiger partial charge in [0, 0.05) is 51.8 Å². The maximum Gasteiger partial charge on any atom is 0.333 e. The van der Waals surface area contributed by atoms with Crippen molar-refractivity contribution in [1.29, 1.82) is 0 Å². The highest BCUT2D eigenvalue weighted by atomic mass is 32.2. The van der Waals surface area contributed by atoms with Crippen LogP contribution in [0.2, 0.25) is 0 Å². The van der Waals surface area contributed by atoms with Gasteiger partial charge in [0.15, 0.2) is 11.2 Å². The molecule has 19 heteroatoms. The number of hydrogen-bond acceptors (Lipinski definition) is 12. The largest absolute Gasteiger partial charge is 0.494 e. The number of thiazole rings is 1. The monoisotopic (exact) mass is 886 g/mol. The maximum atomic E-state index is 14.0. The standard InChI is InChI=1S/C43H50N8O9S2/c1-26-35(61-25-45-26)29-17-15-28(16-18-29)23-44-38(54)32-22-30(52)24-51(32)40(56)36(43(2,3)4)46-33(53)14-10-20-60-31-13-8-11-27(21-31)12-9-19-50-37-34(39(55)49(6)42(50)57)48(5)41(47-37)62(7,58)59/h8,11,13,15-18,21,25,30,32,36,52H,10,14,19-20,22-24H2,1-7H3,(H,44,54)(H,46,53)/t30-,32+,36?/m1/s1. The van der Waals surface area contributed by atoms with Crippen LogP contribution in [0.5, 0.6) is 5.75 Å². The minimum Gasteiger partial charge on any atom is -0.494 e. The number of rotatable bonds is 13. The quantitative estimate of drug-likeness (QED) is 0.115. The number of β-amino-alcohol motifs (C(OH)–C–C–N with tert-alkyl or cyclic N) is 1. The zero-order chi connectivity index (χ0) is 45.1. The molecule has 3 atom stereocenters. The number of nitrogens with one attached hydrogen (secondary N) is 2. The van der Waals surface area contributed by atoms with E-state index < -0.39 is 50.6 Å². The summed E-state index contributed by atoms with van der Waals surface area (Å²) in [6, 6.07) is 12.8. The van der Waals surface area contributed by atoms with E-state index in [-0.39, 0.29) is 67.2 Å². The number of sulfone groups is 1. The predicted octanol–water partition coefficient (Wildman–Crippen LogP) is 2.29. The summed E-state index contributed by atoms with van der Waals surface area (Å²) in [4.78, 5) is 77.3. The second-order valence-corrected chi connectivity index (χ2v) is 19.1. The van der Waals surface area contributed by atoms with Crippen LogP contribution in [0.15, 0.2) is 68.8 Å². The van der Waals surface area contributed by atoms with Gasteiger partial charge in [-0.25, -0.2) is 18.2 Å². The lowest BCUT2D eigenvalue weighted by Crippen LogP contribution is -2.57. The molecule has 0 radical (unpaired) electrons. The average Bonchev–Trinajstić information content (AvgIpc) is 3.94. The summed E-state index contributed by atoms with van der Waals surface area (Å²) >= 11 is 1.56. The van der Waals surface area contributed by atoms with E-state index in [1.807, 2.05) is 52.0 Å². The van der Waals surface area contributed by atoms with Crippen LogP contribution < -0.4 is 26.6 Å². The van der Waals surface area contributed by atoms with Crippen molar-refractivity contribution in [1.82, 2.24) is 39.2 Å². The second-order valence-electron chi connectivity index (χ2n) is 16.4. The lowest BCUT2D eigenvalue weighted by Gasteiger charge is -2.35. The minimum absolute atomic E-state index is 0.0360. The van der Waals surface area contributed by atoms with E-state index in [0.29, 0.717) is 17.7 Å². The van der Waals surface area contributed by atoms with Gasteiger partial charge in [0.25, 0.3) is 5.56 Å². The summed E-state index contributed by atoms with van der Waals surface area (Å²) in [5, 5.41) is 16.0. The van der Waals surface area contributed by atoms with Crippen molar-refractivity contribution in [3.05, 3.63) is 91.7 Å². The topological polar surface area (TPSA) is 217 Å². The maximum absolute atomic E-state index is 14.0. The number of benzene rings is 2. The number of carbonyl (C=O) groups is 3. The highest BCUT2D eigenvalue weighted by Gasteiger charge is 2.44. The summed E-state index contributed by atoms with van der Waals surface area (Å²) in [6.45, 7) is 7.61. The van der Waals surface area contributed by atoms with Crippen LogP contribution in [-0.2, 0) is 51.4 Å². The smallest absolute Gasteiger partial charge is 0.333 e. The third-order valence-electron chi connectivity index (χ3n) is 10.5. The lowest BCUT2D eigenvalue weighted by molar-refractivity contribution is -0.144. The van der Waals surface area contributed by atoms with Gasteiger partial charge >= 0.3 is 5.69 Å². The predicted molar refractivity (Wildman–Crippen MR) is 233 cm³/mol. The van der Waals surface area contributed by atoms with Gasteiger partial charge in [-0.2, -0.15) is 4.98 Å². The van der Waals surface area contributed by atoms with Crippen LogP contribution >= 0.6 is 11.3 Å². The molecule has 17 nitrogen and oxygen atoms in total. The van der Waals surface area contributed by atoms with Gasteiger partial charge in [0.1, 0.15) is 17.8 Å². The number of ether oxygens (including phenoxy) is 1. The third-order valence-corrected chi connectivity index (χ3v) is 12.5. The first kappa shape index (κ1) is 45.4. The van der Waals surface area contributed by atoms with Gasteiger partial charge in [-0.1, -0.05) is 62.9 Å². The summed E-state index contributed by atoms with van der Waals surface area (Å²) in [5.41, 5.74) is 2.98. The van der Waals surface area contributed by atoms with Crippen molar-refractivity contribution >= 4 is 50.1 Å². The van der Waals surface area contributed by atoms with Crippen LogP contribution in [0, 0.1) is 24.2 Å². The van der Waals surface area contributed by atoms with E-state index in [4.69, 9.17) is 4.74 Å². The Bertz CT molecular complexity index is 2810. The number of carbonyl (C=O) groups excluding carboxylic acids is 3. The molecule has 3 aromatic heterocycles. The van der Waals surface area contributed by atoms with Crippen molar-refractivity contribution in [2.24, 2.45) is 19.5 Å². The summed E-state index contributed by atoms with van der Waals surface area (Å²) < 4.78 is 33.6. The Kier molecular flexibility index (Phi) is 13.5. The van der Waals surface area contributed by atoms with E-state index in [9.17, 15) is 37.5 Å². The van der Waals surface area contributed by atoms with Crippen molar-refractivity contribution in [3.8, 4) is 28.0 Å². The molecular formula is C43H50N8O9S2. The molecule has 0 saturated carbocycles. The Labute approximate surface area is 362 Å². The average molecular weight is 887 g/mol. The number of aryl methyl sites for hydroxylation is 2. The molecule has 328 valence electrons. The summed E-state index contributed by atoms with van der Waals surface area (Å²) in [7, 11) is -1.11. The number of aliphatic hydroxyl groups excluding tert-OH is 1. The number of imidazole rings is 1. The molecule has 1 saturated heterocycles. The minimum atomic E-state index is -3.80. The fourth-order valence-corrected chi connectivity index (χ4v) is 8.86. The molecule has 6 rings (SSSR count). The van der Waals surface area contributed by atoms with Gasteiger partial charge in [0.2, 0.25) is 32.7 Å². The van der Waals surface area contributed by atoms with Crippen LogP contribution in [0.1, 0.15) is 56.9 Å². The summed E-state index contributed by atoms with van der Waals surface area (Å²) in [6.07, 6.45) is 0.510. The number of amides is 3. The van der Waals surface area contributed by atoms with Crippen molar-refractivity contribution < 1.29 is 32.6 Å². The molecule has 0 bridgehead atoms. The number of aliphatic hydroxyl groups is 1. The molecule has 0 spiro atoms. The Morgan fingerprint density at radius 2 is 1.81 bits per heavy atom. The fraction of sp³-hybridized carbons (Fsp3) is 0.419. The molecule has 2 aromatic carbocycles. The van der Waals surface area contributed by atoms with Gasteiger partial charge in [0.05, 0.1) is 35.3 Å². The number of fused-ring (bicyclic) bond motifs is 1. The molecule has 4 heterocycles. The van der Waals surface area contributed by atoms with Gasteiger partial charge in [-0.3, -0.25) is 28.3 Å². The van der Waals surface area contributed by atoms with Crippen molar-refractivity contribution in [2.75, 3.05) is 19.4 Å². The Balaban J connectivity index is 1.02. The van der Waals surface area contributed by atoms with Crippen LogP contribution in [0.4, 0.5) is 0 Å². The zero-order valence-electron chi connectivity index (χ0n) is 35.6. The number of likely N-dealkylation sites (tertiary alicyclic amines) is 1. The lowest BCUT2D eigenvalue weighted by atomic mass is 9.85. The Morgan fingerprint density at radius 1 is 1.08 bits per heavy atom. The van der Waals surface area contributed by atoms with E-state index >= 15 is 0 Å². The van der Waals surface area contributed by atoms with Gasteiger partial charge in [-0.05, 0) is 48.1 Å². The van der Waals surface area contributed by atoms with Gasteiger partial charge in [-0.15, -0.1) is 11.3 Å². The highest BCUT2D eigenvalue weighted by Crippen LogP contribution is 2.28. The first-order valence-electron chi connectivity index (χ1n) is 19.9. The first-order chi connectivity index (χ1) is 29.2. The first-order valence-corrected chi connectivity index (χ1v) is 22.6. The molecule has 1 unspecified atom stereocenters. The van der Waals surface area contributed by atoms with Crippen LogP contribution in [-0.4, -0.2) is 97.4 Å².